The number of hydrogen-bond donors (Lipinski definition) is 1. The predicted molar refractivity (Wildman–Crippen MR) is 96.0 cm³/mol. The van der Waals surface area contributed by atoms with Crippen LogP contribution in [0.15, 0.2) is 18.2 Å². The number of ether oxygens (including phenoxy) is 1. The fourth-order valence-electron chi connectivity index (χ4n) is 2.53. The molecule has 24 heavy (non-hydrogen) atoms. The van der Waals surface area contributed by atoms with Gasteiger partial charge in [0.25, 0.3) is 0 Å². The number of amides is 1. The Balaban J connectivity index is 2.41. The molecular formula is C17H26N2O4S. The molecule has 0 aliphatic carbocycles. The van der Waals surface area contributed by atoms with Crippen LogP contribution in [0.25, 0.3) is 0 Å². The fourth-order valence-corrected chi connectivity index (χ4v) is 3.09. The largest absolute Gasteiger partial charge is 0.490 e. The van der Waals surface area contributed by atoms with Gasteiger partial charge in [0.1, 0.15) is 12.4 Å². The molecule has 0 aromatic heterocycles. The topological polar surface area (TPSA) is 75.7 Å². The van der Waals surface area contributed by atoms with E-state index in [1.807, 2.05) is 13.8 Å². The Bertz CT molecular complexity index is 726. The summed E-state index contributed by atoms with van der Waals surface area (Å²) in [6.45, 7) is 8.81. The van der Waals surface area contributed by atoms with Crippen LogP contribution in [0.4, 0.5) is 11.4 Å². The summed E-state index contributed by atoms with van der Waals surface area (Å²) in [6.07, 6.45) is 1.98. The lowest BCUT2D eigenvalue weighted by Crippen LogP contribution is -2.42. The molecule has 0 atom stereocenters. The highest BCUT2D eigenvalue weighted by Crippen LogP contribution is 2.38. The molecule has 1 amide bonds. The normalized spacial score (nSPS) is 17.2. The third-order valence-corrected chi connectivity index (χ3v) is 4.50. The Morgan fingerprint density at radius 3 is 2.58 bits per heavy atom. The van der Waals surface area contributed by atoms with Gasteiger partial charge in [-0.1, -0.05) is 13.8 Å². The van der Waals surface area contributed by atoms with Crippen molar-refractivity contribution < 1.29 is 17.9 Å². The second kappa shape index (κ2) is 6.63. The van der Waals surface area contributed by atoms with Gasteiger partial charge in [-0.05, 0) is 38.3 Å². The molecule has 0 saturated heterocycles. The monoisotopic (exact) mass is 354 g/mol. The van der Waals surface area contributed by atoms with Gasteiger partial charge in [0.05, 0.1) is 23.0 Å². The Hall–Kier alpha value is -1.76. The summed E-state index contributed by atoms with van der Waals surface area (Å²) in [7, 11) is -3.37. The molecule has 6 nitrogen and oxygen atoms in total. The maximum atomic E-state index is 12.9. The van der Waals surface area contributed by atoms with E-state index in [0.717, 1.165) is 12.7 Å². The zero-order valence-electron chi connectivity index (χ0n) is 14.9. The van der Waals surface area contributed by atoms with Gasteiger partial charge in [0.2, 0.25) is 15.9 Å². The van der Waals surface area contributed by atoms with E-state index < -0.39 is 15.4 Å². The van der Waals surface area contributed by atoms with E-state index in [9.17, 15) is 13.2 Å². The van der Waals surface area contributed by atoms with Crippen molar-refractivity contribution in [2.24, 2.45) is 11.3 Å². The number of carbonyl (C=O) groups is 1. The molecule has 0 spiro atoms. The zero-order chi connectivity index (χ0) is 18.1. The Kier molecular flexibility index (Phi) is 5.13. The lowest BCUT2D eigenvalue weighted by molar-refractivity contribution is -0.127. The molecule has 1 aliphatic rings. The molecule has 1 aromatic rings. The molecule has 0 unspecified atom stereocenters. The van der Waals surface area contributed by atoms with Gasteiger partial charge in [-0.2, -0.15) is 0 Å². The van der Waals surface area contributed by atoms with Crippen molar-refractivity contribution in [2.75, 3.05) is 29.0 Å². The van der Waals surface area contributed by atoms with Gasteiger partial charge < -0.3 is 9.64 Å². The van der Waals surface area contributed by atoms with Crippen molar-refractivity contribution >= 4 is 27.3 Å². The molecule has 1 aliphatic heterocycles. The first-order valence-corrected chi connectivity index (χ1v) is 9.95. The molecule has 2 rings (SSSR count). The summed E-state index contributed by atoms with van der Waals surface area (Å²) < 4.78 is 31.1. The molecule has 134 valence electrons. The quantitative estimate of drug-likeness (QED) is 0.882. The molecule has 0 fully saturated rings. The Morgan fingerprint density at radius 1 is 1.33 bits per heavy atom. The minimum atomic E-state index is -3.37. The van der Waals surface area contributed by atoms with Gasteiger partial charge >= 0.3 is 0 Å². The summed E-state index contributed by atoms with van der Waals surface area (Å²) in [6, 6.07) is 5.02. The van der Waals surface area contributed by atoms with E-state index in [4.69, 9.17) is 4.74 Å². The highest BCUT2D eigenvalue weighted by atomic mass is 32.2. The Labute approximate surface area is 144 Å². The lowest BCUT2D eigenvalue weighted by atomic mass is 9.92. The number of nitrogens with one attached hydrogen (secondary N) is 1. The van der Waals surface area contributed by atoms with E-state index in [2.05, 4.69) is 18.6 Å². The van der Waals surface area contributed by atoms with Gasteiger partial charge in [0, 0.05) is 12.6 Å². The third kappa shape index (κ3) is 4.41. The summed E-state index contributed by atoms with van der Waals surface area (Å²) in [4.78, 5) is 14.6. The van der Waals surface area contributed by atoms with Crippen LogP contribution in [0, 0.1) is 11.3 Å². The van der Waals surface area contributed by atoms with Crippen LogP contribution in [0.3, 0.4) is 0 Å². The predicted octanol–water partition coefficient (Wildman–Crippen LogP) is 2.86. The zero-order valence-corrected chi connectivity index (χ0v) is 15.7. The molecule has 0 saturated carbocycles. The first-order chi connectivity index (χ1) is 11.0. The summed E-state index contributed by atoms with van der Waals surface area (Å²) in [5, 5.41) is 0. The molecule has 1 heterocycles. The molecule has 0 bridgehead atoms. The van der Waals surface area contributed by atoms with Crippen molar-refractivity contribution in [3.8, 4) is 5.75 Å². The number of carbonyl (C=O) groups excluding carboxylic acids is 1. The first kappa shape index (κ1) is 18.6. The number of sulfonamides is 1. The SMILES string of the molecule is CC(C)CCN1C(=O)C(C)(C)COc2cc(NS(C)(=O)=O)ccc21. The Morgan fingerprint density at radius 2 is 2.00 bits per heavy atom. The van der Waals surface area contributed by atoms with Crippen LogP contribution in [-0.2, 0) is 14.8 Å². The number of rotatable bonds is 5. The van der Waals surface area contributed by atoms with E-state index in [0.29, 0.717) is 29.6 Å². The number of hydrogen-bond acceptors (Lipinski definition) is 4. The van der Waals surface area contributed by atoms with Gasteiger partial charge in [-0.3, -0.25) is 9.52 Å². The number of nitrogens with zero attached hydrogens (tertiary/aromatic N) is 1. The van der Waals surface area contributed by atoms with Crippen LogP contribution in [0.5, 0.6) is 5.75 Å². The van der Waals surface area contributed by atoms with Crippen LogP contribution >= 0.6 is 0 Å². The molecule has 1 N–H and O–H groups in total. The van der Waals surface area contributed by atoms with E-state index in [-0.39, 0.29) is 12.5 Å². The van der Waals surface area contributed by atoms with Crippen molar-refractivity contribution in [3.05, 3.63) is 18.2 Å². The van der Waals surface area contributed by atoms with Crippen molar-refractivity contribution in [1.82, 2.24) is 0 Å². The van der Waals surface area contributed by atoms with Crippen molar-refractivity contribution in [2.45, 2.75) is 34.1 Å². The molecular weight excluding hydrogens is 328 g/mol. The average molecular weight is 354 g/mol. The van der Waals surface area contributed by atoms with Crippen LogP contribution < -0.4 is 14.4 Å². The highest BCUT2D eigenvalue weighted by Gasteiger charge is 2.37. The second-order valence-corrected chi connectivity index (χ2v) is 9.12. The second-order valence-electron chi connectivity index (χ2n) is 7.37. The number of fused-ring (bicyclic) bond motifs is 1. The van der Waals surface area contributed by atoms with E-state index in [1.165, 1.54) is 0 Å². The smallest absolute Gasteiger partial charge is 0.236 e. The number of anilines is 2. The first-order valence-electron chi connectivity index (χ1n) is 8.06. The summed E-state index contributed by atoms with van der Waals surface area (Å²) in [5.41, 5.74) is 0.470. The molecule has 7 heteroatoms. The maximum absolute atomic E-state index is 12.9. The van der Waals surface area contributed by atoms with E-state index in [1.54, 1.807) is 23.1 Å². The van der Waals surface area contributed by atoms with Gasteiger partial charge in [-0.25, -0.2) is 8.42 Å². The van der Waals surface area contributed by atoms with Gasteiger partial charge in [0.15, 0.2) is 0 Å². The summed E-state index contributed by atoms with van der Waals surface area (Å²) in [5.74, 6) is 1.01. The fraction of sp³-hybridized carbons (Fsp3) is 0.588. The minimum absolute atomic E-state index is 0.0192. The maximum Gasteiger partial charge on any atom is 0.236 e. The molecule has 0 radical (unpaired) electrons. The third-order valence-electron chi connectivity index (χ3n) is 3.90. The number of benzene rings is 1. The van der Waals surface area contributed by atoms with Crippen LogP contribution in [0.2, 0.25) is 0 Å². The van der Waals surface area contributed by atoms with Crippen LogP contribution in [0.1, 0.15) is 34.1 Å². The lowest BCUT2D eigenvalue weighted by Gasteiger charge is -2.28. The highest BCUT2D eigenvalue weighted by molar-refractivity contribution is 7.92. The molecule has 1 aromatic carbocycles. The van der Waals surface area contributed by atoms with Gasteiger partial charge in [-0.15, -0.1) is 0 Å². The minimum Gasteiger partial charge on any atom is -0.490 e. The summed E-state index contributed by atoms with van der Waals surface area (Å²) >= 11 is 0. The van der Waals surface area contributed by atoms with E-state index >= 15 is 0 Å². The van der Waals surface area contributed by atoms with Crippen LogP contribution in [-0.4, -0.2) is 33.7 Å². The van der Waals surface area contributed by atoms with Crippen molar-refractivity contribution in [1.29, 1.82) is 0 Å². The average Bonchev–Trinajstić information content (AvgIpc) is 2.52. The standard InChI is InChI=1S/C17H26N2O4S/c1-12(2)8-9-19-14-7-6-13(18-24(5,21)22)10-15(14)23-11-17(3,4)16(19)20/h6-7,10,12,18H,8-9,11H2,1-5H3. The van der Waals surface area contributed by atoms with Crippen molar-refractivity contribution in [3.63, 3.8) is 0 Å².